The van der Waals surface area contributed by atoms with Crippen molar-refractivity contribution in [2.24, 2.45) is 5.92 Å². The molecule has 21 heavy (non-hydrogen) atoms. The fourth-order valence-electron chi connectivity index (χ4n) is 3.28. The van der Waals surface area contributed by atoms with Crippen molar-refractivity contribution < 1.29 is 4.79 Å². The van der Waals surface area contributed by atoms with E-state index in [1.165, 1.54) is 44.1 Å². The van der Waals surface area contributed by atoms with E-state index in [9.17, 15) is 4.79 Å². The summed E-state index contributed by atoms with van der Waals surface area (Å²) in [5, 5.41) is 6.53. The number of aryl methyl sites for hydroxylation is 1. The largest absolute Gasteiger partial charge is 0.382 e. The molecule has 0 bridgehead atoms. The Kier molecular flexibility index (Phi) is 5.66. The molecule has 0 heterocycles. The summed E-state index contributed by atoms with van der Waals surface area (Å²) in [7, 11) is 0. The van der Waals surface area contributed by atoms with Gasteiger partial charge in [-0.25, -0.2) is 0 Å². The summed E-state index contributed by atoms with van der Waals surface area (Å²) in [5.41, 5.74) is 3.26. The lowest BCUT2D eigenvalue weighted by Crippen LogP contribution is -2.26. The maximum Gasteiger partial charge on any atom is 0.221 e. The van der Waals surface area contributed by atoms with Crippen molar-refractivity contribution in [2.75, 3.05) is 10.6 Å². The summed E-state index contributed by atoms with van der Waals surface area (Å²) in [6, 6.07) is 6.65. The van der Waals surface area contributed by atoms with E-state index in [1.54, 1.807) is 6.92 Å². The fourth-order valence-corrected chi connectivity index (χ4v) is 3.28. The molecular formula is C18H28N2O. The third-order valence-electron chi connectivity index (χ3n) is 4.46. The molecule has 1 aromatic carbocycles. The van der Waals surface area contributed by atoms with Gasteiger partial charge in [0.2, 0.25) is 5.91 Å². The summed E-state index contributed by atoms with van der Waals surface area (Å²) >= 11 is 0. The number of hydrogen-bond donors (Lipinski definition) is 2. The lowest BCUT2D eigenvalue weighted by Gasteiger charge is -2.30. The molecule has 3 heteroatoms. The van der Waals surface area contributed by atoms with Crippen LogP contribution in [0.1, 0.15) is 57.9 Å². The maximum atomic E-state index is 11.2. The number of carbonyl (C=O) groups excluding carboxylic acids is 1. The monoisotopic (exact) mass is 288 g/mol. The molecule has 0 atom stereocenters. The summed E-state index contributed by atoms with van der Waals surface area (Å²) in [4.78, 5) is 11.2. The normalized spacial score (nSPS) is 21.9. The van der Waals surface area contributed by atoms with Crippen LogP contribution in [0.3, 0.4) is 0 Å². The molecule has 116 valence electrons. The highest BCUT2D eigenvalue weighted by Crippen LogP contribution is 2.30. The Bertz CT molecular complexity index is 476. The van der Waals surface area contributed by atoms with Gasteiger partial charge in [0.1, 0.15) is 0 Å². The number of hydrogen-bond acceptors (Lipinski definition) is 2. The molecule has 0 spiro atoms. The molecule has 1 saturated carbocycles. The second-order valence-corrected chi connectivity index (χ2v) is 6.36. The number of nitrogens with one attached hydrogen (secondary N) is 2. The quantitative estimate of drug-likeness (QED) is 0.822. The third kappa shape index (κ3) is 4.76. The first kappa shape index (κ1) is 15.9. The molecule has 2 N–H and O–H groups in total. The topological polar surface area (TPSA) is 41.1 Å². The van der Waals surface area contributed by atoms with Crippen molar-refractivity contribution in [3.05, 3.63) is 23.8 Å². The summed E-state index contributed by atoms with van der Waals surface area (Å²) in [5.74, 6) is 0.907. The third-order valence-corrected chi connectivity index (χ3v) is 4.46. The highest BCUT2D eigenvalue weighted by atomic mass is 16.1. The standard InChI is InChI=1S/C18H28N2O/c1-4-5-15-7-10-16(11-8-15)20-18-12-17(19-14(3)21)9-6-13(18)2/h6,9,12,15-16,20H,4-5,7-8,10-11H2,1-3H3,(H,19,21). The Morgan fingerprint density at radius 1 is 1.24 bits per heavy atom. The number of carbonyl (C=O) groups is 1. The lowest BCUT2D eigenvalue weighted by molar-refractivity contribution is -0.114. The minimum Gasteiger partial charge on any atom is -0.382 e. The molecule has 0 saturated heterocycles. The second-order valence-electron chi connectivity index (χ2n) is 6.36. The zero-order chi connectivity index (χ0) is 15.2. The molecule has 1 aliphatic rings. The van der Waals surface area contributed by atoms with Crippen LogP contribution in [0.5, 0.6) is 0 Å². The average molecular weight is 288 g/mol. The van der Waals surface area contributed by atoms with Gasteiger partial charge in [0.25, 0.3) is 0 Å². The van der Waals surface area contributed by atoms with E-state index in [4.69, 9.17) is 0 Å². The van der Waals surface area contributed by atoms with Gasteiger partial charge in [0, 0.05) is 24.3 Å². The smallest absolute Gasteiger partial charge is 0.221 e. The van der Waals surface area contributed by atoms with Crippen LogP contribution in [0.2, 0.25) is 0 Å². The van der Waals surface area contributed by atoms with Gasteiger partial charge >= 0.3 is 0 Å². The highest BCUT2D eigenvalue weighted by molar-refractivity contribution is 5.89. The zero-order valence-electron chi connectivity index (χ0n) is 13.5. The molecule has 3 nitrogen and oxygen atoms in total. The summed E-state index contributed by atoms with van der Waals surface area (Å²) < 4.78 is 0. The van der Waals surface area contributed by atoms with Gasteiger partial charge in [0.05, 0.1) is 0 Å². The number of benzene rings is 1. The van der Waals surface area contributed by atoms with Gasteiger partial charge < -0.3 is 10.6 Å². The Morgan fingerprint density at radius 3 is 2.57 bits per heavy atom. The van der Waals surface area contributed by atoms with Crippen LogP contribution in [-0.4, -0.2) is 11.9 Å². The Labute approximate surface area is 128 Å². The Morgan fingerprint density at radius 2 is 1.95 bits per heavy atom. The fraction of sp³-hybridized carbons (Fsp3) is 0.611. The van der Waals surface area contributed by atoms with Crippen LogP contribution < -0.4 is 10.6 Å². The first-order valence-corrected chi connectivity index (χ1v) is 8.23. The van der Waals surface area contributed by atoms with Crippen LogP contribution in [0.4, 0.5) is 11.4 Å². The van der Waals surface area contributed by atoms with E-state index in [0.717, 1.165) is 17.3 Å². The second kappa shape index (κ2) is 7.48. The van der Waals surface area contributed by atoms with Crippen molar-refractivity contribution in [3.63, 3.8) is 0 Å². The van der Waals surface area contributed by atoms with Crippen LogP contribution in [0.25, 0.3) is 0 Å². The minimum absolute atomic E-state index is 0.0233. The number of rotatable bonds is 5. The van der Waals surface area contributed by atoms with Gasteiger partial charge in [0.15, 0.2) is 0 Å². The Balaban J connectivity index is 1.95. The van der Waals surface area contributed by atoms with Crippen LogP contribution in [0.15, 0.2) is 18.2 Å². The molecule has 1 aromatic rings. The molecule has 1 aliphatic carbocycles. The average Bonchev–Trinajstić information content (AvgIpc) is 2.44. The summed E-state index contributed by atoms with van der Waals surface area (Å²) in [6.45, 7) is 5.94. The van der Waals surface area contributed by atoms with E-state index >= 15 is 0 Å². The molecule has 2 rings (SSSR count). The van der Waals surface area contributed by atoms with Crippen LogP contribution in [-0.2, 0) is 4.79 Å². The van der Waals surface area contributed by atoms with Crippen LogP contribution in [0, 0.1) is 12.8 Å². The summed E-state index contributed by atoms with van der Waals surface area (Å²) in [6.07, 6.45) is 7.89. The molecule has 0 aliphatic heterocycles. The number of anilines is 2. The first-order chi connectivity index (χ1) is 10.1. The van der Waals surface area contributed by atoms with Gasteiger partial charge in [-0.3, -0.25) is 4.79 Å². The van der Waals surface area contributed by atoms with Crippen molar-refractivity contribution in [1.82, 2.24) is 0 Å². The highest BCUT2D eigenvalue weighted by Gasteiger charge is 2.20. The van der Waals surface area contributed by atoms with E-state index in [-0.39, 0.29) is 5.91 Å². The lowest BCUT2D eigenvalue weighted by atomic mass is 9.83. The van der Waals surface area contributed by atoms with E-state index in [1.807, 2.05) is 6.07 Å². The van der Waals surface area contributed by atoms with Crippen molar-refractivity contribution in [1.29, 1.82) is 0 Å². The van der Waals surface area contributed by atoms with Crippen LogP contribution >= 0.6 is 0 Å². The van der Waals surface area contributed by atoms with Crippen molar-refractivity contribution in [2.45, 2.75) is 65.3 Å². The maximum absolute atomic E-state index is 11.2. The predicted molar refractivity (Wildman–Crippen MR) is 89.8 cm³/mol. The van der Waals surface area contributed by atoms with Crippen molar-refractivity contribution in [3.8, 4) is 0 Å². The molecule has 1 fully saturated rings. The zero-order valence-corrected chi connectivity index (χ0v) is 13.5. The molecule has 0 aromatic heterocycles. The van der Waals surface area contributed by atoms with Crippen molar-refractivity contribution >= 4 is 17.3 Å². The molecule has 0 unspecified atom stereocenters. The molecular weight excluding hydrogens is 260 g/mol. The first-order valence-electron chi connectivity index (χ1n) is 8.23. The minimum atomic E-state index is -0.0233. The van der Waals surface area contributed by atoms with Gasteiger partial charge in [-0.15, -0.1) is 0 Å². The molecule has 1 amide bonds. The number of amides is 1. The van der Waals surface area contributed by atoms with Gasteiger partial charge in [-0.05, 0) is 56.2 Å². The SMILES string of the molecule is CCCC1CCC(Nc2cc(NC(C)=O)ccc2C)CC1. The molecule has 0 radical (unpaired) electrons. The van der Waals surface area contributed by atoms with Gasteiger partial charge in [-0.1, -0.05) is 25.8 Å². The Hall–Kier alpha value is -1.51. The van der Waals surface area contributed by atoms with E-state index < -0.39 is 0 Å². The van der Waals surface area contributed by atoms with E-state index in [2.05, 4.69) is 36.6 Å². The van der Waals surface area contributed by atoms with E-state index in [0.29, 0.717) is 6.04 Å². The van der Waals surface area contributed by atoms with Gasteiger partial charge in [-0.2, -0.15) is 0 Å². The predicted octanol–water partition coefficient (Wildman–Crippen LogP) is 4.72.